The van der Waals surface area contributed by atoms with Crippen LogP contribution in [0.4, 0.5) is 0 Å². The highest BCUT2D eigenvalue weighted by atomic mass is 32.1. The zero-order chi connectivity index (χ0) is 18.3. The highest BCUT2D eigenvalue weighted by molar-refractivity contribution is 7.24. The number of rotatable bonds is 5. The van der Waals surface area contributed by atoms with E-state index < -0.39 is 5.97 Å². The Morgan fingerprint density at radius 3 is 2.88 bits per heavy atom. The molecule has 3 aromatic rings. The number of nitrogens with one attached hydrogen (secondary N) is 1. The van der Waals surface area contributed by atoms with Crippen LogP contribution < -0.4 is 5.32 Å². The van der Waals surface area contributed by atoms with Gasteiger partial charge in [0.15, 0.2) is 0 Å². The van der Waals surface area contributed by atoms with E-state index in [1.54, 1.807) is 23.5 Å². The van der Waals surface area contributed by atoms with Crippen LogP contribution in [0.3, 0.4) is 0 Å². The lowest BCUT2D eigenvalue weighted by molar-refractivity contribution is -0.132. The third-order valence-corrected chi connectivity index (χ3v) is 5.74. The predicted octanol–water partition coefficient (Wildman–Crippen LogP) is 3.43. The molecule has 2 aromatic heterocycles. The molecule has 1 aliphatic rings. The molecule has 3 N–H and O–H groups in total. The van der Waals surface area contributed by atoms with Gasteiger partial charge in [-0.2, -0.15) is 0 Å². The van der Waals surface area contributed by atoms with E-state index in [0.29, 0.717) is 37.0 Å². The molecule has 0 saturated carbocycles. The molecule has 0 spiro atoms. The molecule has 134 valence electrons. The van der Waals surface area contributed by atoms with Gasteiger partial charge in [-0.25, -0.2) is 4.79 Å². The van der Waals surface area contributed by atoms with Gasteiger partial charge in [-0.1, -0.05) is 0 Å². The molecule has 2 heterocycles. The summed E-state index contributed by atoms with van der Waals surface area (Å²) in [5.41, 5.74) is 2.98. The summed E-state index contributed by atoms with van der Waals surface area (Å²) in [7, 11) is 0. The molecular formula is C19H18N2O4S. The Bertz CT molecular complexity index is 1060. The van der Waals surface area contributed by atoms with Crippen LogP contribution in [-0.4, -0.2) is 26.5 Å². The number of fused-ring (bicyclic) bond motifs is 3. The number of phenols is 1. The molecule has 0 fully saturated rings. The van der Waals surface area contributed by atoms with Gasteiger partial charge in [0.25, 0.3) is 0 Å². The predicted molar refractivity (Wildman–Crippen MR) is 99.4 cm³/mol. The number of aromatic hydroxyl groups is 1. The average Bonchev–Trinajstić information content (AvgIpc) is 3.26. The molecule has 6 nitrogen and oxygen atoms in total. The van der Waals surface area contributed by atoms with Crippen LogP contribution in [-0.2, 0) is 16.0 Å². The van der Waals surface area contributed by atoms with Crippen molar-refractivity contribution in [3.63, 3.8) is 0 Å². The Labute approximate surface area is 153 Å². The van der Waals surface area contributed by atoms with E-state index in [-0.39, 0.29) is 11.7 Å². The van der Waals surface area contributed by atoms with Gasteiger partial charge >= 0.3 is 5.97 Å². The molecule has 1 aromatic carbocycles. The maximum atomic E-state index is 12.2. The Hall–Kier alpha value is -2.80. The van der Waals surface area contributed by atoms with Crippen molar-refractivity contribution >= 4 is 38.3 Å². The van der Waals surface area contributed by atoms with Crippen molar-refractivity contribution in [2.75, 3.05) is 0 Å². The molecule has 1 aliphatic carbocycles. The number of hydrogen-bond acceptors (Lipinski definition) is 4. The first-order valence-electron chi connectivity index (χ1n) is 8.49. The summed E-state index contributed by atoms with van der Waals surface area (Å²) < 4.78 is 3.08. The fourth-order valence-electron chi connectivity index (χ4n) is 3.40. The number of hydrogen-bond donors (Lipinski definition) is 3. The van der Waals surface area contributed by atoms with Gasteiger partial charge in [-0.15, -0.1) is 11.3 Å². The average molecular weight is 370 g/mol. The lowest BCUT2D eigenvalue weighted by atomic mass is 10.2. The summed E-state index contributed by atoms with van der Waals surface area (Å²) >= 11 is 1.59. The second-order valence-electron chi connectivity index (χ2n) is 6.47. The quantitative estimate of drug-likeness (QED) is 0.642. The summed E-state index contributed by atoms with van der Waals surface area (Å²) in [6, 6.07) is 7.34. The largest absolute Gasteiger partial charge is 0.508 e. The van der Waals surface area contributed by atoms with Crippen molar-refractivity contribution < 1.29 is 19.8 Å². The van der Waals surface area contributed by atoms with Crippen molar-refractivity contribution in [1.82, 2.24) is 9.72 Å². The summed E-state index contributed by atoms with van der Waals surface area (Å²) in [6.45, 7) is 0. The smallest absolute Gasteiger partial charge is 0.333 e. The fraction of sp³-hybridized carbons (Fsp3) is 0.263. The number of aryl methyl sites for hydroxylation is 1. The van der Waals surface area contributed by atoms with Crippen LogP contribution in [0.15, 0.2) is 41.7 Å². The number of aromatic nitrogens is 1. The van der Waals surface area contributed by atoms with Crippen molar-refractivity contribution in [2.45, 2.75) is 32.1 Å². The van der Waals surface area contributed by atoms with Crippen molar-refractivity contribution in [3.8, 4) is 5.75 Å². The summed E-state index contributed by atoms with van der Waals surface area (Å²) in [5.74, 6) is -0.839. The Morgan fingerprint density at radius 1 is 1.23 bits per heavy atom. The van der Waals surface area contributed by atoms with E-state index in [1.165, 1.54) is 0 Å². The van der Waals surface area contributed by atoms with E-state index in [4.69, 9.17) is 5.11 Å². The first-order chi connectivity index (χ1) is 12.5. The number of allylic oxidation sites excluding steroid dienone is 1. The number of carboxylic acids is 1. The lowest BCUT2D eigenvalue weighted by Crippen LogP contribution is -2.24. The maximum absolute atomic E-state index is 12.2. The Balaban J connectivity index is 1.45. The maximum Gasteiger partial charge on any atom is 0.333 e. The zero-order valence-corrected chi connectivity index (χ0v) is 14.8. The monoisotopic (exact) mass is 370 g/mol. The minimum atomic E-state index is -0.941. The molecular weight excluding hydrogens is 352 g/mol. The van der Waals surface area contributed by atoms with E-state index in [1.807, 2.05) is 18.3 Å². The number of amides is 1. The summed E-state index contributed by atoms with van der Waals surface area (Å²) in [6.07, 6.45) is 4.83. The number of carboxylic acid groups (broad SMARTS) is 1. The molecule has 0 saturated heterocycles. The van der Waals surface area contributed by atoms with Crippen LogP contribution in [0.1, 0.15) is 31.2 Å². The fourth-order valence-corrected chi connectivity index (χ4v) is 4.54. The van der Waals surface area contributed by atoms with Gasteiger partial charge in [0.05, 0.1) is 15.8 Å². The molecule has 0 unspecified atom stereocenters. The van der Waals surface area contributed by atoms with Crippen molar-refractivity contribution in [1.29, 1.82) is 0 Å². The zero-order valence-electron chi connectivity index (χ0n) is 14.0. The lowest BCUT2D eigenvalue weighted by Gasteiger charge is -2.07. The highest BCUT2D eigenvalue weighted by Crippen LogP contribution is 2.31. The summed E-state index contributed by atoms with van der Waals surface area (Å²) in [5, 5.41) is 21.5. The van der Waals surface area contributed by atoms with Gasteiger partial charge in [0.2, 0.25) is 5.91 Å². The standard InChI is InChI=1S/C19H18N2O4S/c22-12-5-6-15-16(9-12)26-18-8-11(10-21(15)18)4-7-17(23)20-14-3-1-2-13(14)19(24)25/h5-6,8-10,22H,1-4,7H2,(H,20,23)(H,24,25). The first-order valence-corrected chi connectivity index (χ1v) is 9.30. The Morgan fingerprint density at radius 2 is 2.08 bits per heavy atom. The van der Waals surface area contributed by atoms with E-state index in [0.717, 1.165) is 27.0 Å². The van der Waals surface area contributed by atoms with Crippen LogP contribution >= 0.6 is 11.3 Å². The number of benzene rings is 1. The molecule has 0 radical (unpaired) electrons. The molecule has 4 rings (SSSR count). The number of carbonyl (C=O) groups excluding carboxylic acids is 1. The molecule has 0 bridgehead atoms. The minimum absolute atomic E-state index is 0.148. The number of thiazole rings is 1. The van der Waals surface area contributed by atoms with E-state index in [2.05, 4.69) is 9.72 Å². The van der Waals surface area contributed by atoms with Gasteiger partial charge < -0.3 is 19.9 Å². The highest BCUT2D eigenvalue weighted by Gasteiger charge is 2.21. The van der Waals surface area contributed by atoms with Gasteiger partial charge in [0.1, 0.15) is 10.6 Å². The second kappa shape index (κ2) is 6.49. The summed E-state index contributed by atoms with van der Waals surface area (Å²) in [4.78, 5) is 24.4. The van der Waals surface area contributed by atoms with Crippen LogP contribution in [0.2, 0.25) is 0 Å². The van der Waals surface area contributed by atoms with E-state index in [9.17, 15) is 14.7 Å². The van der Waals surface area contributed by atoms with Crippen LogP contribution in [0.5, 0.6) is 5.75 Å². The Kier molecular flexibility index (Phi) is 4.16. The molecule has 0 aliphatic heterocycles. The minimum Gasteiger partial charge on any atom is -0.508 e. The number of phenolic OH excluding ortho intramolecular Hbond substituents is 1. The van der Waals surface area contributed by atoms with Crippen LogP contribution in [0, 0.1) is 0 Å². The van der Waals surface area contributed by atoms with Crippen LogP contribution in [0.25, 0.3) is 15.0 Å². The number of nitrogens with zero attached hydrogens (tertiary/aromatic N) is 1. The van der Waals surface area contributed by atoms with Gasteiger partial charge in [-0.3, -0.25) is 4.79 Å². The van der Waals surface area contributed by atoms with Gasteiger partial charge in [-0.05, 0) is 55.5 Å². The number of carbonyl (C=O) groups is 2. The molecule has 26 heavy (non-hydrogen) atoms. The topological polar surface area (TPSA) is 91.0 Å². The second-order valence-corrected chi connectivity index (χ2v) is 7.54. The molecule has 0 atom stereocenters. The first kappa shape index (κ1) is 16.7. The third-order valence-electron chi connectivity index (χ3n) is 4.67. The van der Waals surface area contributed by atoms with Crippen molar-refractivity contribution in [3.05, 3.63) is 47.3 Å². The van der Waals surface area contributed by atoms with Gasteiger partial charge in [0, 0.05) is 18.3 Å². The van der Waals surface area contributed by atoms with E-state index >= 15 is 0 Å². The van der Waals surface area contributed by atoms with Crippen molar-refractivity contribution in [2.24, 2.45) is 0 Å². The molecule has 1 amide bonds. The normalized spacial score (nSPS) is 14.5. The SMILES string of the molecule is O=C(CCc1cc2sc3cc(O)ccc3n2c1)NC1=C(C(=O)O)CCC1. The number of aliphatic carboxylic acids is 1. The third kappa shape index (κ3) is 3.06. The molecule has 7 heteroatoms.